The zero-order valence-electron chi connectivity index (χ0n) is 9.82. The summed E-state index contributed by atoms with van der Waals surface area (Å²) in [6.45, 7) is 1.73. The van der Waals surface area contributed by atoms with Crippen molar-refractivity contribution in [2.24, 2.45) is 0 Å². The lowest BCUT2D eigenvalue weighted by molar-refractivity contribution is -0.135. The zero-order valence-corrected chi connectivity index (χ0v) is 11.4. The molecular weight excluding hydrogens is 314 g/mol. The van der Waals surface area contributed by atoms with E-state index in [0.717, 1.165) is 0 Å². The van der Waals surface area contributed by atoms with Gasteiger partial charge >= 0.3 is 6.18 Å². The third kappa shape index (κ3) is 5.25. The SMILES string of the molecule is CC(CCCC(F)(F)F)Nc1c(F)cccc1Br. The molecule has 6 heteroatoms. The van der Waals surface area contributed by atoms with Gasteiger partial charge in [-0.3, -0.25) is 0 Å². The van der Waals surface area contributed by atoms with Crippen LogP contribution in [0.2, 0.25) is 0 Å². The van der Waals surface area contributed by atoms with Crippen LogP contribution in [0.15, 0.2) is 22.7 Å². The van der Waals surface area contributed by atoms with E-state index in [9.17, 15) is 17.6 Å². The number of halogens is 5. The number of alkyl halides is 3. The molecule has 0 bridgehead atoms. The van der Waals surface area contributed by atoms with E-state index in [1.165, 1.54) is 6.07 Å². The monoisotopic (exact) mass is 327 g/mol. The summed E-state index contributed by atoms with van der Waals surface area (Å²) >= 11 is 3.19. The maximum atomic E-state index is 13.4. The summed E-state index contributed by atoms with van der Waals surface area (Å²) in [4.78, 5) is 0. The Morgan fingerprint density at radius 3 is 2.56 bits per heavy atom. The first-order valence-electron chi connectivity index (χ1n) is 5.57. The zero-order chi connectivity index (χ0) is 13.8. The van der Waals surface area contributed by atoms with Crippen molar-refractivity contribution >= 4 is 21.6 Å². The van der Waals surface area contributed by atoms with Crippen molar-refractivity contribution in [3.8, 4) is 0 Å². The Labute approximate surface area is 112 Å². The molecule has 0 saturated heterocycles. The van der Waals surface area contributed by atoms with Gasteiger partial charge in [-0.05, 0) is 47.8 Å². The van der Waals surface area contributed by atoms with Crippen LogP contribution in [0.25, 0.3) is 0 Å². The van der Waals surface area contributed by atoms with Crippen LogP contribution in [0, 0.1) is 5.82 Å². The average Bonchev–Trinajstić information content (AvgIpc) is 2.22. The fraction of sp³-hybridized carbons (Fsp3) is 0.500. The van der Waals surface area contributed by atoms with Gasteiger partial charge in [-0.25, -0.2) is 4.39 Å². The van der Waals surface area contributed by atoms with Crippen molar-refractivity contribution in [2.45, 2.75) is 38.4 Å². The molecule has 0 aliphatic heterocycles. The summed E-state index contributed by atoms with van der Waals surface area (Å²) < 4.78 is 49.9. The van der Waals surface area contributed by atoms with Crippen LogP contribution in [-0.4, -0.2) is 12.2 Å². The molecule has 1 N–H and O–H groups in total. The lowest BCUT2D eigenvalue weighted by Gasteiger charge is -2.17. The third-order valence-electron chi connectivity index (χ3n) is 2.45. The summed E-state index contributed by atoms with van der Waals surface area (Å²) in [6, 6.07) is 4.31. The summed E-state index contributed by atoms with van der Waals surface area (Å²) in [5.74, 6) is -0.424. The van der Waals surface area contributed by atoms with Gasteiger partial charge < -0.3 is 5.32 Å². The molecule has 0 saturated carbocycles. The van der Waals surface area contributed by atoms with Crippen molar-refractivity contribution in [2.75, 3.05) is 5.32 Å². The van der Waals surface area contributed by atoms with Gasteiger partial charge in [-0.1, -0.05) is 6.07 Å². The topological polar surface area (TPSA) is 12.0 Å². The van der Waals surface area contributed by atoms with Crippen LogP contribution in [0.4, 0.5) is 23.2 Å². The standard InChI is InChI=1S/C12H14BrF4N/c1-8(4-3-7-12(15,16)17)18-11-9(13)5-2-6-10(11)14/h2,5-6,8,18H,3-4,7H2,1H3. The van der Waals surface area contributed by atoms with E-state index in [2.05, 4.69) is 21.2 Å². The number of hydrogen-bond acceptors (Lipinski definition) is 1. The van der Waals surface area contributed by atoms with Gasteiger partial charge in [0.05, 0.1) is 5.69 Å². The Morgan fingerprint density at radius 1 is 1.33 bits per heavy atom. The van der Waals surface area contributed by atoms with E-state index in [1.54, 1.807) is 19.1 Å². The predicted octanol–water partition coefficient (Wildman–Crippen LogP) is 5.12. The van der Waals surface area contributed by atoms with Crippen molar-refractivity contribution in [1.29, 1.82) is 0 Å². The molecule has 1 unspecified atom stereocenters. The van der Waals surface area contributed by atoms with Crippen LogP contribution >= 0.6 is 15.9 Å². The lowest BCUT2D eigenvalue weighted by atomic mass is 10.1. The summed E-state index contributed by atoms with van der Waals surface area (Å²) in [7, 11) is 0. The molecule has 1 nitrogen and oxygen atoms in total. The molecule has 0 fully saturated rings. The first-order valence-corrected chi connectivity index (χ1v) is 6.36. The Morgan fingerprint density at radius 2 is 2.00 bits per heavy atom. The van der Waals surface area contributed by atoms with E-state index in [0.29, 0.717) is 10.9 Å². The number of rotatable bonds is 5. The number of nitrogens with one attached hydrogen (secondary N) is 1. The van der Waals surface area contributed by atoms with E-state index in [1.807, 2.05) is 0 Å². The number of anilines is 1. The van der Waals surface area contributed by atoms with Gasteiger partial charge in [-0.15, -0.1) is 0 Å². The normalized spacial score (nSPS) is 13.4. The van der Waals surface area contributed by atoms with Crippen LogP contribution in [0.3, 0.4) is 0 Å². The maximum Gasteiger partial charge on any atom is 0.389 e. The molecule has 0 amide bonds. The molecule has 1 rings (SSSR count). The van der Waals surface area contributed by atoms with E-state index in [-0.39, 0.29) is 18.2 Å². The second-order valence-corrected chi connectivity index (χ2v) is 5.00. The Kier molecular flexibility index (Phi) is 5.44. The van der Waals surface area contributed by atoms with Crippen molar-refractivity contribution in [3.05, 3.63) is 28.5 Å². The number of para-hydroxylation sites is 1. The first-order chi connectivity index (χ1) is 8.29. The second-order valence-electron chi connectivity index (χ2n) is 4.15. The van der Waals surface area contributed by atoms with Gasteiger partial charge in [0, 0.05) is 16.9 Å². The summed E-state index contributed by atoms with van der Waals surface area (Å²) in [5, 5.41) is 2.88. The predicted molar refractivity (Wildman–Crippen MR) is 67.1 cm³/mol. The van der Waals surface area contributed by atoms with Crippen LogP contribution in [-0.2, 0) is 0 Å². The van der Waals surface area contributed by atoms with Crippen LogP contribution in [0.5, 0.6) is 0 Å². The highest BCUT2D eigenvalue weighted by molar-refractivity contribution is 9.10. The molecule has 1 aromatic carbocycles. The molecule has 102 valence electrons. The fourth-order valence-corrected chi connectivity index (χ4v) is 2.02. The quantitative estimate of drug-likeness (QED) is 0.740. The molecule has 0 aliphatic carbocycles. The van der Waals surface area contributed by atoms with Gasteiger partial charge in [0.1, 0.15) is 5.82 Å². The third-order valence-corrected chi connectivity index (χ3v) is 3.11. The Hall–Kier alpha value is -0.780. The average molecular weight is 328 g/mol. The largest absolute Gasteiger partial charge is 0.389 e. The highest BCUT2D eigenvalue weighted by Gasteiger charge is 2.26. The summed E-state index contributed by atoms with van der Waals surface area (Å²) in [5.41, 5.74) is 0.289. The molecule has 18 heavy (non-hydrogen) atoms. The highest BCUT2D eigenvalue weighted by atomic mass is 79.9. The van der Waals surface area contributed by atoms with E-state index >= 15 is 0 Å². The van der Waals surface area contributed by atoms with Gasteiger partial charge in [0.25, 0.3) is 0 Å². The van der Waals surface area contributed by atoms with Gasteiger partial charge in [0.15, 0.2) is 0 Å². The number of hydrogen-bond donors (Lipinski definition) is 1. The minimum absolute atomic E-state index is 0.0315. The Balaban J connectivity index is 2.47. The van der Waals surface area contributed by atoms with E-state index < -0.39 is 18.4 Å². The second kappa shape index (κ2) is 6.41. The Bertz CT molecular complexity index is 372. The molecular formula is C12H14BrF4N. The van der Waals surface area contributed by atoms with Gasteiger partial charge in [-0.2, -0.15) is 13.2 Å². The number of benzene rings is 1. The van der Waals surface area contributed by atoms with Crippen molar-refractivity contribution < 1.29 is 17.6 Å². The van der Waals surface area contributed by atoms with Crippen molar-refractivity contribution in [3.63, 3.8) is 0 Å². The molecule has 0 aliphatic rings. The molecule has 0 aromatic heterocycles. The molecule has 0 heterocycles. The van der Waals surface area contributed by atoms with Gasteiger partial charge in [0.2, 0.25) is 0 Å². The molecule has 0 radical (unpaired) electrons. The van der Waals surface area contributed by atoms with Crippen LogP contribution in [0.1, 0.15) is 26.2 Å². The van der Waals surface area contributed by atoms with Crippen molar-refractivity contribution in [1.82, 2.24) is 0 Å². The minimum Gasteiger partial charge on any atom is -0.379 e. The highest BCUT2D eigenvalue weighted by Crippen LogP contribution is 2.27. The lowest BCUT2D eigenvalue weighted by Crippen LogP contribution is -2.17. The molecule has 1 atom stereocenters. The van der Waals surface area contributed by atoms with E-state index in [4.69, 9.17) is 0 Å². The first kappa shape index (κ1) is 15.3. The smallest absolute Gasteiger partial charge is 0.379 e. The maximum absolute atomic E-state index is 13.4. The fourth-order valence-electron chi connectivity index (χ4n) is 1.56. The molecule has 0 spiro atoms. The summed E-state index contributed by atoms with van der Waals surface area (Å²) in [6.07, 6.45) is -4.57. The molecule has 1 aromatic rings. The minimum atomic E-state index is -4.13. The van der Waals surface area contributed by atoms with Crippen LogP contribution < -0.4 is 5.32 Å².